The van der Waals surface area contributed by atoms with Crippen LogP contribution < -0.4 is 5.73 Å². The second-order valence-corrected chi connectivity index (χ2v) is 7.15. The van der Waals surface area contributed by atoms with Crippen molar-refractivity contribution in [3.8, 4) is 5.69 Å². The van der Waals surface area contributed by atoms with Gasteiger partial charge in [0, 0.05) is 24.0 Å². The zero-order valence-corrected chi connectivity index (χ0v) is 15.3. The average Bonchev–Trinajstić information content (AvgIpc) is 3.18. The highest BCUT2D eigenvalue weighted by molar-refractivity contribution is 5.92. The number of nitrogens with two attached hydrogens (primary N) is 1. The number of nitrogens with zero attached hydrogens (tertiary/aromatic N) is 3. The van der Waals surface area contributed by atoms with Gasteiger partial charge in [0.15, 0.2) is 0 Å². The van der Waals surface area contributed by atoms with E-state index in [1.54, 1.807) is 6.07 Å². The molecule has 0 saturated carbocycles. The number of aromatic nitrogens is 2. The molecule has 0 radical (unpaired) electrons. The Balaban J connectivity index is 1.35. The smallest absolute Gasteiger partial charge is 0.248 e. The van der Waals surface area contributed by atoms with E-state index in [1.807, 2.05) is 36.7 Å². The van der Waals surface area contributed by atoms with Crippen molar-refractivity contribution in [2.75, 3.05) is 13.1 Å². The number of hydrogen-bond acceptors (Lipinski definition) is 3. The second kappa shape index (κ2) is 7.76. The fraction of sp³-hybridized carbons (Fsp3) is 0.273. The van der Waals surface area contributed by atoms with Gasteiger partial charge in [0.2, 0.25) is 5.91 Å². The van der Waals surface area contributed by atoms with Crippen LogP contribution in [0, 0.1) is 0 Å². The molecular weight excluding hydrogens is 336 g/mol. The van der Waals surface area contributed by atoms with E-state index in [9.17, 15) is 4.79 Å². The zero-order valence-electron chi connectivity index (χ0n) is 15.3. The number of hydrogen-bond donors (Lipinski definition) is 1. The van der Waals surface area contributed by atoms with Gasteiger partial charge in [-0.05, 0) is 61.7 Å². The highest BCUT2D eigenvalue weighted by Crippen LogP contribution is 2.29. The molecule has 0 spiro atoms. The molecule has 5 heteroatoms. The summed E-state index contributed by atoms with van der Waals surface area (Å²) in [5.74, 6) is 0.130. The van der Waals surface area contributed by atoms with E-state index in [-0.39, 0.29) is 5.91 Å². The van der Waals surface area contributed by atoms with E-state index in [2.05, 4.69) is 38.8 Å². The first-order chi connectivity index (χ1) is 13.2. The van der Waals surface area contributed by atoms with Crippen LogP contribution in [-0.4, -0.2) is 33.4 Å². The lowest BCUT2D eigenvalue weighted by molar-refractivity contribution is 0.1000. The topological polar surface area (TPSA) is 64.2 Å². The van der Waals surface area contributed by atoms with Crippen LogP contribution in [0.5, 0.6) is 0 Å². The third kappa shape index (κ3) is 4.09. The molecule has 1 saturated heterocycles. The molecular formula is C22H24N4O. The van der Waals surface area contributed by atoms with Crippen LogP contribution in [0.1, 0.15) is 40.4 Å². The maximum atomic E-state index is 11.4. The first kappa shape index (κ1) is 17.5. The third-order valence-corrected chi connectivity index (χ3v) is 5.31. The molecule has 5 nitrogen and oxygen atoms in total. The molecule has 27 heavy (non-hydrogen) atoms. The van der Waals surface area contributed by atoms with Gasteiger partial charge in [-0.15, -0.1) is 0 Å². The van der Waals surface area contributed by atoms with Crippen LogP contribution in [0.25, 0.3) is 5.69 Å². The van der Waals surface area contributed by atoms with Crippen LogP contribution in [-0.2, 0) is 6.54 Å². The molecule has 1 aliphatic heterocycles. The number of benzene rings is 2. The highest BCUT2D eigenvalue weighted by Gasteiger charge is 2.21. The molecule has 1 fully saturated rings. The van der Waals surface area contributed by atoms with Crippen LogP contribution >= 0.6 is 0 Å². The normalized spacial score (nSPS) is 15.7. The third-order valence-electron chi connectivity index (χ3n) is 5.31. The zero-order chi connectivity index (χ0) is 18.6. The van der Waals surface area contributed by atoms with Gasteiger partial charge in [0.1, 0.15) is 0 Å². The lowest BCUT2D eigenvalue weighted by Crippen LogP contribution is -2.32. The molecule has 0 bridgehead atoms. The van der Waals surface area contributed by atoms with Gasteiger partial charge in [-0.2, -0.15) is 0 Å². The minimum absolute atomic E-state index is 0.358. The summed E-state index contributed by atoms with van der Waals surface area (Å²) >= 11 is 0. The number of para-hydroxylation sites is 1. The molecule has 0 aliphatic carbocycles. The molecule has 1 aliphatic rings. The largest absolute Gasteiger partial charge is 0.366 e. The number of amides is 1. The maximum Gasteiger partial charge on any atom is 0.248 e. The Labute approximate surface area is 159 Å². The van der Waals surface area contributed by atoms with Gasteiger partial charge in [-0.25, -0.2) is 4.98 Å². The quantitative estimate of drug-likeness (QED) is 0.759. The van der Waals surface area contributed by atoms with E-state index in [4.69, 9.17) is 5.73 Å². The van der Waals surface area contributed by atoms with E-state index in [0.29, 0.717) is 11.5 Å². The summed E-state index contributed by atoms with van der Waals surface area (Å²) in [6.45, 7) is 2.93. The van der Waals surface area contributed by atoms with Crippen molar-refractivity contribution in [3.63, 3.8) is 0 Å². The number of rotatable bonds is 5. The van der Waals surface area contributed by atoms with Crippen LogP contribution in [0.2, 0.25) is 0 Å². The van der Waals surface area contributed by atoms with Gasteiger partial charge in [0.05, 0.1) is 12.0 Å². The molecule has 3 aromatic rings. The molecule has 2 N–H and O–H groups in total. The van der Waals surface area contributed by atoms with Gasteiger partial charge in [-0.1, -0.05) is 30.3 Å². The van der Waals surface area contributed by atoms with Crippen molar-refractivity contribution < 1.29 is 4.79 Å². The Hall–Kier alpha value is -2.92. The Morgan fingerprint density at radius 2 is 1.85 bits per heavy atom. The van der Waals surface area contributed by atoms with Crippen molar-refractivity contribution in [2.45, 2.75) is 25.3 Å². The number of likely N-dealkylation sites (tertiary alicyclic amines) is 1. The summed E-state index contributed by atoms with van der Waals surface area (Å²) in [5.41, 5.74) is 9.45. The van der Waals surface area contributed by atoms with E-state index in [0.717, 1.165) is 43.9 Å². The number of imidazole rings is 1. The molecule has 1 amide bonds. The standard InChI is InChI=1S/C22H24N4O/c23-22(27)19-6-4-5-18(13-19)17-9-11-25(12-10-17)14-20-15-26(16-24-20)21-7-2-1-3-8-21/h1-8,13,15-17H,9-12,14H2,(H2,23,27). The number of piperidine rings is 1. The second-order valence-electron chi connectivity index (χ2n) is 7.15. The SMILES string of the molecule is NC(=O)c1cccc(C2CCN(Cc3cn(-c4ccccc4)cn3)CC2)c1. The Morgan fingerprint density at radius 3 is 2.59 bits per heavy atom. The van der Waals surface area contributed by atoms with Crippen molar-refractivity contribution in [1.29, 1.82) is 0 Å². The highest BCUT2D eigenvalue weighted by atomic mass is 16.1. The molecule has 138 valence electrons. The molecule has 0 unspecified atom stereocenters. The minimum Gasteiger partial charge on any atom is -0.366 e. The number of carbonyl (C=O) groups excluding carboxylic acids is 1. The van der Waals surface area contributed by atoms with E-state index >= 15 is 0 Å². The lowest BCUT2D eigenvalue weighted by Gasteiger charge is -2.31. The van der Waals surface area contributed by atoms with Gasteiger partial charge >= 0.3 is 0 Å². The van der Waals surface area contributed by atoms with Crippen LogP contribution in [0.4, 0.5) is 0 Å². The van der Waals surface area contributed by atoms with Gasteiger partial charge < -0.3 is 10.3 Å². The summed E-state index contributed by atoms with van der Waals surface area (Å²) < 4.78 is 2.07. The van der Waals surface area contributed by atoms with E-state index < -0.39 is 0 Å². The summed E-state index contributed by atoms with van der Waals surface area (Å²) in [5, 5.41) is 0. The Morgan fingerprint density at radius 1 is 1.07 bits per heavy atom. The fourth-order valence-corrected chi connectivity index (χ4v) is 3.79. The Kier molecular flexibility index (Phi) is 5.03. The molecule has 1 aromatic heterocycles. The van der Waals surface area contributed by atoms with Crippen LogP contribution in [0.3, 0.4) is 0 Å². The van der Waals surface area contributed by atoms with Crippen LogP contribution in [0.15, 0.2) is 67.1 Å². The predicted molar refractivity (Wildman–Crippen MR) is 106 cm³/mol. The minimum atomic E-state index is -0.358. The number of carbonyl (C=O) groups is 1. The fourth-order valence-electron chi connectivity index (χ4n) is 3.79. The van der Waals surface area contributed by atoms with Crippen molar-refractivity contribution in [2.24, 2.45) is 5.73 Å². The number of primary amides is 1. The molecule has 0 atom stereocenters. The first-order valence-corrected chi connectivity index (χ1v) is 9.39. The summed E-state index contributed by atoms with van der Waals surface area (Å²) in [6.07, 6.45) is 6.16. The molecule has 4 rings (SSSR count). The lowest BCUT2D eigenvalue weighted by atomic mass is 9.88. The molecule has 2 heterocycles. The monoisotopic (exact) mass is 360 g/mol. The molecule has 2 aromatic carbocycles. The summed E-state index contributed by atoms with van der Waals surface area (Å²) in [4.78, 5) is 18.4. The first-order valence-electron chi connectivity index (χ1n) is 9.39. The maximum absolute atomic E-state index is 11.4. The van der Waals surface area contributed by atoms with Crippen molar-refractivity contribution in [1.82, 2.24) is 14.5 Å². The predicted octanol–water partition coefficient (Wildman–Crippen LogP) is 3.35. The van der Waals surface area contributed by atoms with Crippen molar-refractivity contribution in [3.05, 3.63) is 83.9 Å². The van der Waals surface area contributed by atoms with Crippen molar-refractivity contribution >= 4 is 5.91 Å². The van der Waals surface area contributed by atoms with Gasteiger partial charge in [-0.3, -0.25) is 9.69 Å². The Bertz CT molecular complexity index is 911. The average molecular weight is 360 g/mol. The van der Waals surface area contributed by atoms with E-state index in [1.165, 1.54) is 5.56 Å². The van der Waals surface area contributed by atoms with Gasteiger partial charge in [0.25, 0.3) is 0 Å². The summed E-state index contributed by atoms with van der Waals surface area (Å²) in [7, 11) is 0. The summed E-state index contributed by atoms with van der Waals surface area (Å²) in [6, 6.07) is 18.0.